The standard InChI is InChI=1S/C20H20FNO3S.C6H6O4S/c1-12(23)25-18-10-14-11-22(9-8-17(14)26-18)19(20(24)13-6-7-13)15-4-2-3-5-16(15)21;7-5-3-1-2-4-6(5)11(8,9)10/h2-5,10,13,19H,6-9,11H2,1H3;1-4,7H,(H,8,9,10). The topological polar surface area (TPSA) is 121 Å². The van der Waals surface area contributed by atoms with E-state index in [2.05, 4.69) is 4.90 Å². The third kappa shape index (κ3) is 6.61. The molecule has 0 bridgehead atoms. The number of nitrogens with zero attached hydrogens (tertiary/aromatic N) is 1. The molecule has 11 heteroatoms. The Labute approximate surface area is 218 Å². The van der Waals surface area contributed by atoms with Gasteiger partial charge in [0.25, 0.3) is 10.1 Å². The molecule has 1 aliphatic carbocycles. The number of carbonyl (C=O) groups is 2. The summed E-state index contributed by atoms with van der Waals surface area (Å²) in [4.78, 5) is 26.9. The number of Topliss-reactive ketones (excluding diaryl/α,β-unsaturated/α-hetero) is 1. The van der Waals surface area contributed by atoms with Crippen LogP contribution in [-0.2, 0) is 32.7 Å². The van der Waals surface area contributed by atoms with Crippen LogP contribution in [0.5, 0.6) is 10.8 Å². The van der Waals surface area contributed by atoms with Gasteiger partial charge in [-0.3, -0.25) is 19.0 Å². The maximum absolute atomic E-state index is 14.4. The summed E-state index contributed by atoms with van der Waals surface area (Å²) in [6.07, 6.45) is 2.57. The summed E-state index contributed by atoms with van der Waals surface area (Å²) in [6, 6.07) is 13.1. The number of aromatic hydroxyl groups is 1. The number of phenols is 1. The molecule has 2 aromatic carbocycles. The zero-order valence-corrected chi connectivity index (χ0v) is 21.6. The van der Waals surface area contributed by atoms with Gasteiger partial charge in [0.15, 0.2) is 10.8 Å². The van der Waals surface area contributed by atoms with Crippen LogP contribution < -0.4 is 4.74 Å². The van der Waals surface area contributed by atoms with Gasteiger partial charge < -0.3 is 9.84 Å². The minimum atomic E-state index is -4.28. The van der Waals surface area contributed by atoms with Gasteiger partial charge in [0.1, 0.15) is 16.5 Å². The maximum Gasteiger partial charge on any atom is 0.308 e. The molecule has 0 radical (unpaired) electrons. The molecule has 0 spiro atoms. The van der Waals surface area contributed by atoms with Gasteiger partial charge in [0, 0.05) is 36.4 Å². The molecule has 1 atom stereocenters. The molecule has 0 amide bonds. The molecule has 1 unspecified atom stereocenters. The van der Waals surface area contributed by atoms with Crippen molar-refractivity contribution in [2.75, 3.05) is 6.54 Å². The molecule has 1 aromatic heterocycles. The Bertz CT molecular complexity index is 1420. The fraction of sp³-hybridized carbons (Fsp3) is 0.308. The van der Waals surface area contributed by atoms with E-state index in [0.29, 0.717) is 23.7 Å². The van der Waals surface area contributed by atoms with Gasteiger partial charge in [-0.05, 0) is 49.1 Å². The predicted octanol–water partition coefficient (Wildman–Crippen LogP) is 4.53. The van der Waals surface area contributed by atoms with E-state index < -0.39 is 26.8 Å². The highest BCUT2D eigenvalue weighted by Gasteiger charge is 2.40. The van der Waals surface area contributed by atoms with E-state index in [1.165, 1.54) is 47.4 Å². The Morgan fingerprint density at radius 3 is 2.41 bits per heavy atom. The number of fused-ring (bicyclic) bond motifs is 1. The van der Waals surface area contributed by atoms with Crippen LogP contribution in [-0.4, -0.2) is 41.3 Å². The summed E-state index contributed by atoms with van der Waals surface area (Å²) in [5.41, 5.74) is 1.52. The molecule has 0 saturated heterocycles. The Morgan fingerprint density at radius 2 is 1.81 bits per heavy atom. The molecule has 3 aromatic rings. The average Bonchev–Trinajstić information content (AvgIpc) is 3.60. The van der Waals surface area contributed by atoms with Crippen LogP contribution in [0.2, 0.25) is 0 Å². The van der Waals surface area contributed by atoms with E-state index in [-0.39, 0.29) is 23.5 Å². The number of rotatable bonds is 6. The second-order valence-electron chi connectivity index (χ2n) is 8.87. The summed E-state index contributed by atoms with van der Waals surface area (Å²) in [6.45, 7) is 2.63. The van der Waals surface area contributed by atoms with Crippen LogP contribution in [0.3, 0.4) is 0 Å². The van der Waals surface area contributed by atoms with Crippen molar-refractivity contribution >= 4 is 33.2 Å². The normalized spacial score (nSPS) is 16.2. The van der Waals surface area contributed by atoms with Crippen molar-refractivity contribution in [2.45, 2.75) is 43.7 Å². The molecule has 2 heterocycles. The van der Waals surface area contributed by atoms with Gasteiger partial charge in [-0.1, -0.05) is 30.3 Å². The van der Waals surface area contributed by atoms with E-state index >= 15 is 0 Å². The number of ketones is 1. The van der Waals surface area contributed by atoms with Crippen molar-refractivity contribution < 1.29 is 36.8 Å². The highest BCUT2D eigenvalue weighted by Crippen LogP contribution is 2.41. The lowest BCUT2D eigenvalue weighted by Crippen LogP contribution is -2.38. The Hall–Kier alpha value is -3.12. The molecule has 1 saturated carbocycles. The van der Waals surface area contributed by atoms with Gasteiger partial charge in [0.05, 0.1) is 6.04 Å². The molecule has 196 valence electrons. The van der Waals surface area contributed by atoms with Crippen molar-refractivity contribution in [1.82, 2.24) is 4.90 Å². The first-order chi connectivity index (χ1) is 17.5. The second-order valence-corrected chi connectivity index (χ2v) is 11.4. The molecule has 1 aliphatic heterocycles. The molecular formula is C26H26FNO7S2. The molecule has 8 nitrogen and oxygen atoms in total. The largest absolute Gasteiger partial charge is 0.506 e. The summed E-state index contributed by atoms with van der Waals surface area (Å²) < 4.78 is 49.0. The lowest BCUT2D eigenvalue weighted by Gasteiger charge is -2.34. The summed E-state index contributed by atoms with van der Waals surface area (Å²) >= 11 is 1.47. The van der Waals surface area contributed by atoms with E-state index in [1.54, 1.807) is 18.2 Å². The van der Waals surface area contributed by atoms with Crippen molar-refractivity contribution in [2.24, 2.45) is 5.92 Å². The fourth-order valence-corrected chi connectivity index (χ4v) is 5.87. The zero-order chi connectivity index (χ0) is 26.7. The number of esters is 1. The van der Waals surface area contributed by atoms with Crippen LogP contribution in [0.15, 0.2) is 59.5 Å². The van der Waals surface area contributed by atoms with Gasteiger partial charge in [-0.15, -0.1) is 11.3 Å². The number of carbonyl (C=O) groups excluding carboxylic acids is 2. The quantitative estimate of drug-likeness (QED) is 0.341. The molecule has 5 rings (SSSR count). The highest BCUT2D eigenvalue weighted by atomic mass is 32.2. The number of para-hydroxylation sites is 1. The lowest BCUT2D eigenvalue weighted by atomic mass is 9.95. The van der Waals surface area contributed by atoms with E-state index in [4.69, 9.17) is 14.4 Å². The van der Waals surface area contributed by atoms with Crippen molar-refractivity contribution in [3.8, 4) is 10.8 Å². The maximum atomic E-state index is 14.4. The van der Waals surface area contributed by atoms with Gasteiger partial charge in [0.2, 0.25) is 0 Å². The number of halogens is 1. The Morgan fingerprint density at radius 1 is 1.14 bits per heavy atom. The number of phenolic OH excluding ortho intramolecular Hbond substituents is 1. The van der Waals surface area contributed by atoms with Crippen molar-refractivity contribution in [1.29, 1.82) is 0 Å². The number of ether oxygens (including phenoxy) is 1. The average molecular weight is 548 g/mol. The second kappa shape index (κ2) is 11.1. The first-order valence-corrected chi connectivity index (χ1v) is 13.9. The summed E-state index contributed by atoms with van der Waals surface area (Å²) in [5, 5.41) is 9.49. The van der Waals surface area contributed by atoms with Crippen molar-refractivity contribution in [3.63, 3.8) is 0 Å². The van der Waals surface area contributed by atoms with E-state index in [1.807, 2.05) is 6.07 Å². The van der Waals surface area contributed by atoms with Gasteiger partial charge in [-0.25, -0.2) is 4.39 Å². The molecule has 1 fully saturated rings. The number of thiophene rings is 1. The molecule has 37 heavy (non-hydrogen) atoms. The van der Waals surface area contributed by atoms with Gasteiger partial charge >= 0.3 is 5.97 Å². The van der Waals surface area contributed by atoms with E-state index in [0.717, 1.165) is 30.9 Å². The molecule has 2 aliphatic rings. The monoisotopic (exact) mass is 547 g/mol. The van der Waals surface area contributed by atoms with Crippen LogP contribution in [0.25, 0.3) is 0 Å². The zero-order valence-electron chi connectivity index (χ0n) is 20.0. The fourth-order valence-electron chi connectivity index (χ4n) is 4.23. The van der Waals surface area contributed by atoms with Crippen LogP contribution >= 0.6 is 11.3 Å². The van der Waals surface area contributed by atoms with Crippen LogP contribution in [0, 0.1) is 11.7 Å². The SMILES string of the molecule is CC(=O)Oc1cc2c(s1)CCN(C(C(=O)C1CC1)c1ccccc1F)C2.O=S(=O)(O)c1ccccc1O. The lowest BCUT2D eigenvalue weighted by molar-refractivity contribution is -0.131. The highest BCUT2D eigenvalue weighted by molar-refractivity contribution is 7.86. The third-order valence-corrected chi connectivity index (χ3v) is 8.09. The number of hydrogen-bond acceptors (Lipinski definition) is 8. The van der Waals surface area contributed by atoms with Crippen molar-refractivity contribution in [3.05, 3.63) is 76.4 Å². The Balaban J connectivity index is 0.000000245. The first kappa shape index (κ1) is 26.9. The summed E-state index contributed by atoms with van der Waals surface area (Å²) in [7, 11) is -4.28. The van der Waals surface area contributed by atoms with Crippen LogP contribution in [0.4, 0.5) is 4.39 Å². The summed E-state index contributed by atoms with van der Waals surface area (Å²) in [5.74, 6) is -0.944. The third-order valence-electron chi connectivity index (χ3n) is 6.08. The Kier molecular flexibility index (Phi) is 8.08. The minimum Gasteiger partial charge on any atom is -0.506 e. The van der Waals surface area contributed by atoms with E-state index in [9.17, 15) is 22.4 Å². The molecule has 2 N–H and O–H groups in total. The number of benzene rings is 2. The number of hydrogen-bond donors (Lipinski definition) is 2. The van der Waals surface area contributed by atoms with Gasteiger partial charge in [-0.2, -0.15) is 8.42 Å². The van der Waals surface area contributed by atoms with Crippen LogP contribution in [0.1, 0.15) is 41.8 Å². The first-order valence-electron chi connectivity index (χ1n) is 11.6. The predicted molar refractivity (Wildman–Crippen MR) is 135 cm³/mol. The molecular weight excluding hydrogens is 521 g/mol. The minimum absolute atomic E-state index is 0.0556. The smallest absolute Gasteiger partial charge is 0.308 e.